The smallest absolute Gasteiger partial charge is 0.274 e. The van der Waals surface area contributed by atoms with Gasteiger partial charge in [0.1, 0.15) is 5.52 Å². The Morgan fingerprint density at radius 2 is 2.05 bits per heavy atom. The van der Waals surface area contributed by atoms with Gasteiger partial charge in [-0.2, -0.15) is 5.10 Å². The van der Waals surface area contributed by atoms with E-state index in [0.29, 0.717) is 17.1 Å². The molecule has 0 aliphatic heterocycles. The molecule has 5 heteroatoms. The van der Waals surface area contributed by atoms with Gasteiger partial charge in [-0.15, -0.1) is 11.6 Å². The summed E-state index contributed by atoms with van der Waals surface area (Å²) in [5.41, 5.74) is 3.90. The third-order valence-corrected chi connectivity index (χ3v) is 3.29. The Bertz CT molecular complexity index is 787. The van der Waals surface area contributed by atoms with Gasteiger partial charge in [-0.3, -0.25) is 4.79 Å². The first-order valence-corrected chi connectivity index (χ1v) is 6.45. The fraction of sp³-hybridized carbons (Fsp3) is 0.143. The second-order valence-electron chi connectivity index (χ2n) is 4.46. The molecule has 2 heterocycles. The van der Waals surface area contributed by atoms with Crippen molar-refractivity contribution in [1.29, 1.82) is 0 Å². The van der Waals surface area contributed by atoms with Crippen LogP contribution in [0.1, 0.15) is 11.3 Å². The van der Waals surface area contributed by atoms with Crippen molar-refractivity contribution in [3.8, 4) is 11.3 Å². The van der Waals surface area contributed by atoms with E-state index in [2.05, 4.69) is 10.1 Å². The zero-order valence-corrected chi connectivity index (χ0v) is 11.1. The lowest BCUT2D eigenvalue weighted by Gasteiger charge is -2.03. The van der Waals surface area contributed by atoms with Crippen LogP contribution >= 0.6 is 11.6 Å². The third-order valence-electron chi connectivity index (χ3n) is 3.02. The van der Waals surface area contributed by atoms with Gasteiger partial charge >= 0.3 is 0 Å². The van der Waals surface area contributed by atoms with Gasteiger partial charge in [-0.25, -0.2) is 4.52 Å². The number of fused-ring (bicyclic) bond motifs is 1. The van der Waals surface area contributed by atoms with Crippen molar-refractivity contribution in [2.45, 2.75) is 12.8 Å². The average Bonchev–Trinajstić information content (AvgIpc) is 2.83. The number of halogens is 1. The zero-order chi connectivity index (χ0) is 13.4. The lowest BCUT2D eigenvalue weighted by atomic mass is 10.1. The van der Waals surface area contributed by atoms with E-state index in [4.69, 9.17) is 11.6 Å². The molecular weight excluding hydrogens is 262 g/mol. The molecule has 1 N–H and O–H groups in total. The number of benzene rings is 1. The number of nitrogens with one attached hydrogen (secondary N) is 1. The summed E-state index contributed by atoms with van der Waals surface area (Å²) >= 11 is 5.74. The molecule has 1 aromatic carbocycles. The molecule has 0 saturated heterocycles. The minimum Gasteiger partial charge on any atom is -0.319 e. The van der Waals surface area contributed by atoms with Crippen LogP contribution < -0.4 is 5.56 Å². The van der Waals surface area contributed by atoms with Crippen molar-refractivity contribution in [3.63, 3.8) is 0 Å². The number of H-pyrrole nitrogens is 1. The molecule has 0 spiro atoms. The van der Waals surface area contributed by atoms with Gasteiger partial charge in [0.2, 0.25) is 0 Å². The second-order valence-corrected chi connectivity index (χ2v) is 4.73. The fourth-order valence-corrected chi connectivity index (χ4v) is 2.13. The Kier molecular flexibility index (Phi) is 2.87. The summed E-state index contributed by atoms with van der Waals surface area (Å²) in [4.78, 5) is 14.9. The molecule has 19 heavy (non-hydrogen) atoms. The Morgan fingerprint density at radius 1 is 1.32 bits per heavy atom. The molecule has 4 nitrogen and oxygen atoms in total. The first-order chi connectivity index (χ1) is 9.17. The summed E-state index contributed by atoms with van der Waals surface area (Å²) in [5.74, 6) is 0.293. The quantitative estimate of drug-likeness (QED) is 0.730. The standard InChI is InChI=1S/C14H12ClN3O/c1-9-2-4-10(5-3-9)12-8-18-13(14(19)16-12)6-11(7-15)17-18/h2-6,8H,7H2,1H3,(H,16,19). The van der Waals surface area contributed by atoms with Crippen molar-refractivity contribution < 1.29 is 0 Å². The molecule has 0 fully saturated rings. The van der Waals surface area contributed by atoms with Crippen molar-refractivity contribution in [2.75, 3.05) is 0 Å². The van der Waals surface area contributed by atoms with E-state index < -0.39 is 0 Å². The van der Waals surface area contributed by atoms with Gasteiger partial charge in [0.05, 0.1) is 23.5 Å². The van der Waals surface area contributed by atoms with E-state index in [1.807, 2.05) is 31.2 Å². The molecular formula is C14H12ClN3O. The summed E-state index contributed by atoms with van der Waals surface area (Å²) in [6.45, 7) is 2.02. The van der Waals surface area contributed by atoms with Crippen molar-refractivity contribution in [3.05, 3.63) is 58.1 Å². The summed E-state index contributed by atoms with van der Waals surface area (Å²) in [6.07, 6.45) is 1.80. The van der Waals surface area contributed by atoms with E-state index in [1.54, 1.807) is 16.8 Å². The first-order valence-electron chi connectivity index (χ1n) is 5.92. The molecule has 3 rings (SSSR count). The maximum atomic E-state index is 12.0. The van der Waals surface area contributed by atoms with Crippen LogP contribution in [-0.2, 0) is 5.88 Å². The van der Waals surface area contributed by atoms with Crippen LogP contribution in [0.25, 0.3) is 16.8 Å². The van der Waals surface area contributed by atoms with Crippen molar-refractivity contribution in [2.24, 2.45) is 0 Å². The Hall–Kier alpha value is -2.07. The number of hydrogen-bond acceptors (Lipinski definition) is 2. The predicted molar refractivity (Wildman–Crippen MR) is 75.5 cm³/mol. The van der Waals surface area contributed by atoms with Crippen LogP contribution in [0, 0.1) is 6.92 Å². The van der Waals surface area contributed by atoms with Crippen molar-refractivity contribution >= 4 is 17.1 Å². The molecule has 0 atom stereocenters. The lowest BCUT2D eigenvalue weighted by Crippen LogP contribution is -2.10. The van der Waals surface area contributed by atoms with Crippen LogP contribution in [-0.4, -0.2) is 14.6 Å². The fourth-order valence-electron chi connectivity index (χ4n) is 2.00. The molecule has 0 saturated carbocycles. The van der Waals surface area contributed by atoms with Gasteiger partial charge in [0.15, 0.2) is 0 Å². The van der Waals surface area contributed by atoms with Gasteiger partial charge < -0.3 is 4.98 Å². The number of aryl methyl sites for hydroxylation is 1. The highest BCUT2D eigenvalue weighted by Crippen LogP contribution is 2.16. The first kappa shape index (κ1) is 12.0. The normalized spacial score (nSPS) is 11.1. The average molecular weight is 274 g/mol. The van der Waals surface area contributed by atoms with E-state index in [1.165, 1.54) is 5.56 Å². The van der Waals surface area contributed by atoms with E-state index in [0.717, 1.165) is 11.3 Å². The highest BCUT2D eigenvalue weighted by Gasteiger charge is 2.07. The minimum absolute atomic E-state index is 0.165. The summed E-state index contributed by atoms with van der Waals surface area (Å²) < 4.78 is 1.58. The Morgan fingerprint density at radius 3 is 2.74 bits per heavy atom. The number of hydrogen-bond donors (Lipinski definition) is 1. The van der Waals surface area contributed by atoms with Crippen LogP contribution in [0.3, 0.4) is 0 Å². The second kappa shape index (κ2) is 4.55. The van der Waals surface area contributed by atoms with Gasteiger partial charge in [0.25, 0.3) is 5.56 Å². The number of alkyl halides is 1. The van der Waals surface area contributed by atoms with E-state index in [-0.39, 0.29) is 5.56 Å². The molecule has 0 amide bonds. The van der Waals surface area contributed by atoms with Crippen LogP contribution in [0.2, 0.25) is 0 Å². The molecule has 2 aromatic heterocycles. The monoisotopic (exact) mass is 273 g/mol. The highest BCUT2D eigenvalue weighted by atomic mass is 35.5. The van der Waals surface area contributed by atoms with Crippen LogP contribution in [0.5, 0.6) is 0 Å². The summed E-state index contributed by atoms with van der Waals surface area (Å²) in [6, 6.07) is 9.65. The molecule has 0 unspecified atom stereocenters. The minimum atomic E-state index is -0.165. The van der Waals surface area contributed by atoms with Gasteiger partial charge in [-0.1, -0.05) is 29.8 Å². The summed E-state index contributed by atoms with van der Waals surface area (Å²) in [5, 5.41) is 4.26. The van der Waals surface area contributed by atoms with Crippen LogP contribution in [0.4, 0.5) is 0 Å². The summed E-state index contributed by atoms with van der Waals surface area (Å²) in [7, 11) is 0. The molecule has 3 aromatic rings. The number of aromatic nitrogens is 3. The predicted octanol–water partition coefficient (Wildman–Crippen LogP) is 2.74. The molecule has 96 valence electrons. The maximum absolute atomic E-state index is 12.0. The molecule has 0 bridgehead atoms. The number of aromatic amines is 1. The molecule has 0 aliphatic rings. The molecule has 0 aliphatic carbocycles. The lowest BCUT2D eigenvalue weighted by molar-refractivity contribution is 0.912. The largest absolute Gasteiger partial charge is 0.319 e. The van der Waals surface area contributed by atoms with Gasteiger partial charge in [-0.05, 0) is 18.6 Å². The van der Waals surface area contributed by atoms with Crippen molar-refractivity contribution in [1.82, 2.24) is 14.6 Å². The zero-order valence-electron chi connectivity index (χ0n) is 10.4. The van der Waals surface area contributed by atoms with E-state index >= 15 is 0 Å². The van der Waals surface area contributed by atoms with E-state index in [9.17, 15) is 4.79 Å². The Balaban J connectivity index is 2.20. The van der Waals surface area contributed by atoms with Gasteiger partial charge in [0, 0.05) is 0 Å². The maximum Gasteiger partial charge on any atom is 0.274 e. The third kappa shape index (κ3) is 2.15. The number of nitrogens with zero attached hydrogens (tertiary/aromatic N) is 2. The van der Waals surface area contributed by atoms with Crippen LogP contribution in [0.15, 0.2) is 41.3 Å². The number of rotatable bonds is 2. The topological polar surface area (TPSA) is 50.2 Å². The molecule has 0 radical (unpaired) electrons. The SMILES string of the molecule is Cc1ccc(-c2cn3nc(CCl)cc3c(=O)[nH]2)cc1. The Labute approximate surface area is 114 Å². The highest BCUT2D eigenvalue weighted by molar-refractivity contribution is 6.16.